The number of halogens is 1. The van der Waals surface area contributed by atoms with Crippen molar-refractivity contribution in [3.63, 3.8) is 0 Å². The van der Waals surface area contributed by atoms with Crippen LogP contribution < -0.4 is 5.32 Å². The molecule has 2 aromatic rings. The third-order valence-corrected chi connectivity index (χ3v) is 3.73. The predicted molar refractivity (Wildman–Crippen MR) is 69.3 cm³/mol. The minimum Gasteiger partial charge on any atom is -0.308 e. The van der Waals surface area contributed by atoms with Crippen molar-refractivity contribution in [1.82, 2.24) is 14.7 Å². The number of fused-ring (bicyclic) bond motifs is 1. The molecule has 0 amide bonds. The van der Waals surface area contributed by atoms with Gasteiger partial charge in [-0.15, -0.1) is 0 Å². The van der Waals surface area contributed by atoms with Crippen LogP contribution >= 0.6 is 11.6 Å². The SMILES string of the molecule is Clc1cccc2nc(CNC3CCCC3)cn12. The minimum atomic E-state index is 0.676. The highest BCUT2D eigenvalue weighted by molar-refractivity contribution is 6.29. The lowest BCUT2D eigenvalue weighted by atomic mass is 10.2. The molecule has 17 heavy (non-hydrogen) atoms. The zero-order valence-electron chi connectivity index (χ0n) is 9.69. The lowest BCUT2D eigenvalue weighted by Gasteiger charge is -2.09. The molecule has 3 rings (SSSR count). The Kier molecular flexibility index (Phi) is 3.04. The standard InChI is InChI=1S/C13H16ClN3/c14-12-6-3-7-13-16-11(9-17(12)13)8-15-10-4-1-2-5-10/h3,6-7,9-10,15H,1-2,4-5,8H2. The summed E-state index contributed by atoms with van der Waals surface area (Å²) < 4.78 is 1.92. The average Bonchev–Trinajstić information content (AvgIpc) is 2.95. The fourth-order valence-corrected chi connectivity index (χ4v) is 2.70. The van der Waals surface area contributed by atoms with E-state index >= 15 is 0 Å². The summed E-state index contributed by atoms with van der Waals surface area (Å²) in [5.74, 6) is 0. The van der Waals surface area contributed by atoms with E-state index in [9.17, 15) is 0 Å². The van der Waals surface area contributed by atoms with E-state index < -0.39 is 0 Å². The van der Waals surface area contributed by atoms with E-state index in [1.807, 2.05) is 28.8 Å². The van der Waals surface area contributed by atoms with Crippen molar-refractivity contribution in [2.45, 2.75) is 38.3 Å². The van der Waals surface area contributed by atoms with Gasteiger partial charge in [0.05, 0.1) is 5.69 Å². The van der Waals surface area contributed by atoms with Crippen LogP contribution in [0.2, 0.25) is 5.15 Å². The van der Waals surface area contributed by atoms with Crippen molar-refractivity contribution in [3.05, 3.63) is 35.2 Å². The maximum Gasteiger partial charge on any atom is 0.138 e. The highest BCUT2D eigenvalue weighted by Gasteiger charge is 2.14. The van der Waals surface area contributed by atoms with Crippen molar-refractivity contribution >= 4 is 17.2 Å². The molecule has 3 nitrogen and oxygen atoms in total. The first-order valence-electron chi connectivity index (χ1n) is 6.19. The molecule has 0 radical (unpaired) electrons. The summed E-state index contributed by atoms with van der Waals surface area (Å²) in [5.41, 5.74) is 1.98. The first-order valence-corrected chi connectivity index (χ1v) is 6.56. The van der Waals surface area contributed by atoms with Crippen molar-refractivity contribution in [1.29, 1.82) is 0 Å². The second kappa shape index (κ2) is 4.67. The highest BCUT2D eigenvalue weighted by Crippen LogP contribution is 2.18. The summed E-state index contributed by atoms with van der Waals surface area (Å²) in [6.45, 7) is 0.836. The molecule has 0 saturated heterocycles. The molecule has 2 heterocycles. The number of hydrogen-bond acceptors (Lipinski definition) is 2. The third-order valence-electron chi connectivity index (χ3n) is 3.42. The van der Waals surface area contributed by atoms with Gasteiger partial charge in [0.15, 0.2) is 0 Å². The van der Waals surface area contributed by atoms with Gasteiger partial charge >= 0.3 is 0 Å². The molecular weight excluding hydrogens is 234 g/mol. The molecule has 0 atom stereocenters. The summed E-state index contributed by atoms with van der Waals surface area (Å²) in [4.78, 5) is 4.55. The summed E-state index contributed by atoms with van der Waals surface area (Å²) in [5, 5.41) is 4.27. The second-order valence-electron chi connectivity index (χ2n) is 4.67. The number of nitrogens with one attached hydrogen (secondary N) is 1. The lowest BCUT2D eigenvalue weighted by Crippen LogP contribution is -2.25. The molecule has 1 aliphatic carbocycles. The lowest BCUT2D eigenvalue weighted by molar-refractivity contribution is 0.520. The van der Waals surface area contributed by atoms with E-state index in [-0.39, 0.29) is 0 Å². The van der Waals surface area contributed by atoms with Gasteiger partial charge in [-0.1, -0.05) is 30.5 Å². The van der Waals surface area contributed by atoms with E-state index in [0.717, 1.165) is 17.9 Å². The maximum atomic E-state index is 6.10. The maximum absolute atomic E-state index is 6.10. The van der Waals surface area contributed by atoms with Crippen LogP contribution in [0.5, 0.6) is 0 Å². The fraction of sp³-hybridized carbons (Fsp3) is 0.462. The van der Waals surface area contributed by atoms with E-state index in [1.165, 1.54) is 25.7 Å². The van der Waals surface area contributed by atoms with Gasteiger partial charge in [0.2, 0.25) is 0 Å². The first kappa shape index (κ1) is 11.1. The monoisotopic (exact) mass is 249 g/mol. The molecular formula is C13H16ClN3. The molecule has 1 aliphatic rings. The topological polar surface area (TPSA) is 29.3 Å². The Bertz CT molecular complexity index is 514. The number of aromatic nitrogens is 2. The normalized spacial score (nSPS) is 17.0. The Morgan fingerprint density at radius 2 is 2.18 bits per heavy atom. The van der Waals surface area contributed by atoms with Gasteiger partial charge in [-0.05, 0) is 25.0 Å². The van der Waals surface area contributed by atoms with Gasteiger partial charge in [0.1, 0.15) is 10.8 Å². The fourth-order valence-electron chi connectivity index (χ4n) is 2.49. The average molecular weight is 250 g/mol. The van der Waals surface area contributed by atoms with Crippen LogP contribution in [0.15, 0.2) is 24.4 Å². The third kappa shape index (κ3) is 2.31. The van der Waals surface area contributed by atoms with Crippen LogP contribution in [0.3, 0.4) is 0 Å². The number of pyridine rings is 1. The molecule has 90 valence electrons. The molecule has 1 saturated carbocycles. The Morgan fingerprint density at radius 1 is 1.35 bits per heavy atom. The summed E-state index contributed by atoms with van der Waals surface area (Å²) >= 11 is 6.10. The van der Waals surface area contributed by atoms with Crippen molar-refractivity contribution < 1.29 is 0 Å². The van der Waals surface area contributed by atoms with Crippen LogP contribution in [-0.4, -0.2) is 15.4 Å². The molecule has 1 fully saturated rings. The van der Waals surface area contributed by atoms with E-state index in [4.69, 9.17) is 11.6 Å². The van der Waals surface area contributed by atoms with Gasteiger partial charge in [-0.25, -0.2) is 4.98 Å². The van der Waals surface area contributed by atoms with E-state index in [2.05, 4.69) is 10.3 Å². The molecule has 0 unspecified atom stereocenters. The molecule has 2 aromatic heterocycles. The van der Waals surface area contributed by atoms with Crippen LogP contribution in [0.25, 0.3) is 5.65 Å². The summed E-state index contributed by atoms with van der Waals surface area (Å²) in [6.07, 6.45) is 7.32. The number of rotatable bonds is 3. The Labute approximate surface area is 106 Å². The zero-order valence-corrected chi connectivity index (χ0v) is 10.5. The Balaban J connectivity index is 1.74. The molecule has 1 N–H and O–H groups in total. The van der Waals surface area contributed by atoms with Crippen LogP contribution in [0.1, 0.15) is 31.4 Å². The zero-order chi connectivity index (χ0) is 11.7. The van der Waals surface area contributed by atoms with Crippen molar-refractivity contribution in [2.24, 2.45) is 0 Å². The Hall–Kier alpha value is -1.06. The number of nitrogens with zero attached hydrogens (tertiary/aromatic N) is 2. The second-order valence-corrected chi connectivity index (χ2v) is 5.06. The predicted octanol–water partition coefficient (Wildman–Crippen LogP) is 3.02. The number of hydrogen-bond donors (Lipinski definition) is 1. The molecule has 0 aromatic carbocycles. The van der Waals surface area contributed by atoms with Gasteiger partial charge in [-0.2, -0.15) is 0 Å². The number of imidazole rings is 1. The van der Waals surface area contributed by atoms with E-state index in [0.29, 0.717) is 11.2 Å². The Morgan fingerprint density at radius 3 is 2.94 bits per heavy atom. The largest absolute Gasteiger partial charge is 0.308 e. The molecule has 4 heteroatoms. The van der Waals surface area contributed by atoms with Gasteiger partial charge in [0.25, 0.3) is 0 Å². The smallest absolute Gasteiger partial charge is 0.138 e. The van der Waals surface area contributed by atoms with Crippen LogP contribution in [0.4, 0.5) is 0 Å². The van der Waals surface area contributed by atoms with Gasteiger partial charge < -0.3 is 5.32 Å². The highest BCUT2D eigenvalue weighted by atomic mass is 35.5. The quantitative estimate of drug-likeness (QED) is 0.848. The van der Waals surface area contributed by atoms with Crippen molar-refractivity contribution in [2.75, 3.05) is 0 Å². The molecule has 0 aliphatic heterocycles. The van der Waals surface area contributed by atoms with Crippen LogP contribution in [0, 0.1) is 0 Å². The summed E-state index contributed by atoms with van der Waals surface area (Å²) in [6, 6.07) is 6.46. The van der Waals surface area contributed by atoms with E-state index in [1.54, 1.807) is 0 Å². The van der Waals surface area contributed by atoms with Gasteiger partial charge in [0, 0.05) is 18.8 Å². The first-order chi connectivity index (χ1) is 8.33. The minimum absolute atomic E-state index is 0.676. The molecule has 0 spiro atoms. The van der Waals surface area contributed by atoms with Crippen LogP contribution in [-0.2, 0) is 6.54 Å². The van der Waals surface area contributed by atoms with Crippen molar-refractivity contribution in [3.8, 4) is 0 Å². The molecule has 0 bridgehead atoms. The summed E-state index contributed by atoms with van der Waals surface area (Å²) in [7, 11) is 0. The van der Waals surface area contributed by atoms with Gasteiger partial charge in [-0.3, -0.25) is 4.40 Å².